The van der Waals surface area contributed by atoms with Gasteiger partial charge in [-0.2, -0.15) is 0 Å². The van der Waals surface area contributed by atoms with E-state index in [4.69, 9.17) is 0 Å². The largest absolute Gasteiger partial charge is 0.326 e. The molecule has 0 saturated heterocycles. The minimum absolute atomic E-state index is 0. The zero-order chi connectivity index (χ0) is 15.1. The lowest BCUT2D eigenvalue weighted by Gasteiger charge is -2.27. The van der Waals surface area contributed by atoms with E-state index in [2.05, 4.69) is 30.5 Å². The number of carbonyl (C=O) groups is 1. The zero-order valence-electron chi connectivity index (χ0n) is 13.7. The quantitative estimate of drug-likeness (QED) is 0.815. The second kappa shape index (κ2) is 9.86. The Morgan fingerprint density at radius 1 is 1.14 bits per heavy atom. The minimum atomic E-state index is 0. The van der Waals surface area contributed by atoms with Crippen LogP contribution in [0.4, 0.5) is 5.69 Å². The summed E-state index contributed by atoms with van der Waals surface area (Å²) >= 11 is 0. The molecule has 1 aromatic rings. The molecule has 0 atom stereocenters. The lowest BCUT2D eigenvalue weighted by molar-refractivity contribution is -0.121. The number of hydrogen-bond acceptors (Lipinski definition) is 2. The van der Waals surface area contributed by atoms with Crippen LogP contribution >= 0.6 is 12.4 Å². The number of carbonyl (C=O) groups excluding carboxylic acids is 1. The fourth-order valence-electron chi connectivity index (χ4n) is 3.12. The molecule has 0 spiro atoms. The summed E-state index contributed by atoms with van der Waals surface area (Å²) in [7, 11) is 0. The maximum Gasteiger partial charge on any atom is 0.227 e. The number of halogens is 1. The summed E-state index contributed by atoms with van der Waals surface area (Å²) < 4.78 is 0. The molecule has 0 heterocycles. The molecule has 3 nitrogen and oxygen atoms in total. The van der Waals surface area contributed by atoms with E-state index in [0.29, 0.717) is 0 Å². The third-order valence-electron chi connectivity index (χ3n) is 4.64. The molecule has 0 radical (unpaired) electrons. The number of hydrogen-bond donors (Lipinski definition) is 2. The highest BCUT2D eigenvalue weighted by Gasteiger charge is 2.25. The predicted octanol–water partition coefficient (Wildman–Crippen LogP) is 4.37. The second-order valence-corrected chi connectivity index (χ2v) is 6.05. The molecule has 1 aliphatic carbocycles. The smallest absolute Gasteiger partial charge is 0.227 e. The van der Waals surface area contributed by atoms with Gasteiger partial charge in [0.05, 0.1) is 0 Å². The Balaban J connectivity index is 0.00000242. The van der Waals surface area contributed by atoms with Gasteiger partial charge in [-0.3, -0.25) is 4.79 Å². The van der Waals surface area contributed by atoms with E-state index >= 15 is 0 Å². The molecule has 0 unspecified atom stereocenters. The number of anilines is 1. The van der Waals surface area contributed by atoms with E-state index in [1.807, 2.05) is 18.2 Å². The third-order valence-corrected chi connectivity index (χ3v) is 4.64. The molecule has 124 valence electrons. The fourth-order valence-corrected chi connectivity index (χ4v) is 3.12. The van der Waals surface area contributed by atoms with Gasteiger partial charge in [0.25, 0.3) is 0 Å². The van der Waals surface area contributed by atoms with Crippen LogP contribution in [-0.2, 0) is 11.3 Å². The van der Waals surface area contributed by atoms with Crippen molar-refractivity contribution >= 4 is 24.0 Å². The van der Waals surface area contributed by atoms with Crippen molar-refractivity contribution in [3.63, 3.8) is 0 Å². The van der Waals surface area contributed by atoms with Crippen molar-refractivity contribution < 1.29 is 4.79 Å². The molecule has 2 rings (SSSR count). The first-order chi connectivity index (χ1) is 10.2. The summed E-state index contributed by atoms with van der Waals surface area (Å²) in [5.41, 5.74) is 2.12. The molecule has 0 aliphatic heterocycles. The molecule has 1 fully saturated rings. The monoisotopic (exact) mass is 324 g/mol. The van der Waals surface area contributed by atoms with Crippen molar-refractivity contribution in [2.45, 2.75) is 52.5 Å². The van der Waals surface area contributed by atoms with Crippen LogP contribution in [0.15, 0.2) is 24.3 Å². The summed E-state index contributed by atoms with van der Waals surface area (Å²) in [4.78, 5) is 12.5. The lowest BCUT2D eigenvalue weighted by Crippen LogP contribution is -2.27. The third kappa shape index (κ3) is 5.29. The van der Waals surface area contributed by atoms with E-state index in [1.54, 1.807) is 0 Å². The highest BCUT2D eigenvalue weighted by molar-refractivity contribution is 5.93. The Labute approximate surface area is 140 Å². The van der Waals surface area contributed by atoms with E-state index < -0.39 is 0 Å². The van der Waals surface area contributed by atoms with Gasteiger partial charge in [-0.25, -0.2) is 0 Å². The van der Waals surface area contributed by atoms with Crippen LogP contribution in [0.2, 0.25) is 0 Å². The normalized spacial score (nSPS) is 21.0. The first kappa shape index (κ1) is 19.0. The van der Waals surface area contributed by atoms with Crippen molar-refractivity contribution in [1.82, 2.24) is 5.32 Å². The first-order valence-corrected chi connectivity index (χ1v) is 8.34. The maximum atomic E-state index is 12.5. The van der Waals surface area contributed by atoms with Crippen LogP contribution in [0.1, 0.15) is 51.5 Å². The van der Waals surface area contributed by atoms with Crippen molar-refractivity contribution in [3.8, 4) is 0 Å². The SMILES string of the molecule is CCNCc1ccccc1NC(=O)C1CCC(CC)CC1.Cl. The molecule has 0 aromatic heterocycles. The van der Waals surface area contributed by atoms with Crippen molar-refractivity contribution in [2.24, 2.45) is 11.8 Å². The highest BCUT2D eigenvalue weighted by atomic mass is 35.5. The number of nitrogens with one attached hydrogen (secondary N) is 2. The Kier molecular flexibility index (Phi) is 8.51. The zero-order valence-corrected chi connectivity index (χ0v) is 14.5. The van der Waals surface area contributed by atoms with Crippen LogP contribution in [0.5, 0.6) is 0 Å². The van der Waals surface area contributed by atoms with E-state index in [9.17, 15) is 4.79 Å². The molecular formula is C18H29ClN2O. The van der Waals surface area contributed by atoms with E-state index in [-0.39, 0.29) is 24.2 Å². The molecule has 1 amide bonds. The van der Waals surface area contributed by atoms with Crippen molar-refractivity contribution in [2.75, 3.05) is 11.9 Å². The Bertz CT molecular complexity index is 456. The Morgan fingerprint density at radius 2 is 1.82 bits per heavy atom. The fraction of sp³-hybridized carbons (Fsp3) is 0.611. The topological polar surface area (TPSA) is 41.1 Å². The summed E-state index contributed by atoms with van der Waals surface area (Å²) in [6, 6.07) is 8.09. The van der Waals surface area contributed by atoms with Crippen LogP contribution in [0.3, 0.4) is 0 Å². The molecule has 0 bridgehead atoms. The Hall–Kier alpha value is -1.06. The first-order valence-electron chi connectivity index (χ1n) is 8.34. The van der Waals surface area contributed by atoms with Gasteiger partial charge in [-0.05, 0) is 49.8 Å². The molecule has 1 aliphatic rings. The summed E-state index contributed by atoms with van der Waals surface area (Å²) in [6.07, 6.45) is 5.74. The van der Waals surface area contributed by atoms with Crippen molar-refractivity contribution in [1.29, 1.82) is 0 Å². The van der Waals surface area contributed by atoms with Crippen molar-refractivity contribution in [3.05, 3.63) is 29.8 Å². The van der Waals surface area contributed by atoms with Gasteiger partial charge in [0.15, 0.2) is 0 Å². The standard InChI is InChI=1S/C18H28N2O.ClH/c1-3-14-9-11-15(12-10-14)18(21)20-17-8-6-5-7-16(17)13-19-4-2;/h5-8,14-15,19H,3-4,9-13H2,1-2H3,(H,20,21);1H. The molecule has 2 N–H and O–H groups in total. The van der Waals surface area contributed by atoms with Gasteiger partial charge in [-0.1, -0.05) is 38.5 Å². The van der Waals surface area contributed by atoms with E-state index in [0.717, 1.165) is 43.1 Å². The van der Waals surface area contributed by atoms with E-state index in [1.165, 1.54) is 19.3 Å². The Morgan fingerprint density at radius 3 is 2.45 bits per heavy atom. The average molecular weight is 325 g/mol. The van der Waals surface area contributed by atoms with Crippen LogP contribution in [0.25, 0.3) is 0 Å². The predicted molar refractivity (Wildman–Crippen MR) is 95.4 cm³/mol. The van der Waals surface area contributed by atoms with Crippen LogP contribution in [0, 0.1) is 11.8 Å². The minimum Gasteiger partial charge on any atom is -0.326 e. The van der Waals surface area contributed by atoms with Gasteiger partial charge in [0.1, 0.15) is 0 Å². The molecule has 1 saturated carbocycles. The van der Waals surface area contributed by atoms with Crippen LogP contribution in [-0.4, -0.2) is 12.5 Å². The number of para-hydroxylation sites is 1. The number of amides is 1. The number of rotatable bonds is 6. The molecule has 22 heavy (non-hydrogen) atoms. The van der Waals surface area contributed by atoms with Gasteiger partial charge in [-0.15, -0.1) is 12.4 Å². The van der Waals surface area contributed by atoms with Gasteiger partial charge < -0.3 is 10.6 Å². The number of benzene rings is 1. The summed E-state index contributed by atoms with van der Waals surface area (Å²) in [5, 5.41) is 6.46. The molecule has 4 heteroatoms. The summed E-state index contributed by atoms with van der Waals surface area (Å²) in [6.45, 7) is 6.08. The maximum absolute atomic E-state index is 12.5. The second-order valence-electron chi connectivity index (χ2n) is 6.05. The molecule has 1 aromatic carbocycles. The average Bonchev–Trinajstić information content (AvgIpc) is 2.54. The van der Waals surface area contributed by atoms with Gasteiger partial charge >= 0.3 is 0 Å². The molecular weight excluding hydrogens is 296 g/mol. The lowest BCUT2D eigenvalue weighted by atomic mass is 9.80. The van der Waals surface area contributed by atoms with Gasteiger partial charge in [0, 0.05) is 18.2 Å². The summed E-state index contributed by atoms with van der Waals surface area (Å²) in [5.74, 6) is 1.23. The van der Waals surface area contributed by atoms with Crippen LogP contribution < -0.4 is 10.6 Å². The highest BCUT2D eigenvalue weighted by Crippen LogP contribution is 2.31. The van der Waals surface area contributed by atoms with Gasteiger partial charge in [0.2, 0.25) is 5.91 Å².